The Morgan fingerprint density at radius 1 is 1.19 bits per heavy atom. The summed E-state index contributed by atoms with van der Waals surface area (Å²) in [4.78, 5) is 10.8. The van der Waals surface area contributed by atoms with E-state index in [2.05, 4.69) is 49.6 Å². The molecule has 0 fully saturated rings. The molecule has 0 aliphatic heterocycles. The van der Waals surface area contributed by atoms with E-state index in [9.17, 15) is 4.79 Å². The molecule has 0 aliphatic rings. The SMILES string of the molecule is Cc1c(CC(C)OC(N)=O)cccc1-n1c(C)ccc1C. The van der Waals surface area contributed by atoms with E-state index < -0.39 is 6.09 Å². The van der Waals surface area contributed by atoms with E-state index in [1.54, 1.807) is 0 Å². The highest BCUT2D eigenvalue weighted by Crippen LogP contribution is 2.23. The molecule has 0 bridgehead atoms. The van der Waals surface area contributed by atoms with E-state index in [0.717, 1.165) is 5.56 Å². The van der Waals surface area contributed by atoms with Gasteiger partial charge in [-0.2, -0.15) is 0 Å². The lowest BCUT2D eigenvalue weighted by Crippen LogP contribution is -2.22. The zero-order chi connectivity index (χ0) is 15.6. The molecule has 1 amide bonds. The summed E-state index contributed by atoms with van der Waals surface area (Å²) in [6.07, 6.45) is -0.307. The van der Waals surface area contributed by atoms with Gasteiger partial charge in [-0.25, -0.2) is 4.79 Å². The number of nitrogens with two attached hydrogens (primary N) is 1. The van der Waals surface area contributed by atoms with Gasteiger partial charge in [0.2, 0.25) is 0 Å². The molecule has 0 radical (unpaired) electrons. The average molecular weight is 286 g/mol. The van der Waals surface area contributed by atoms with Gasteiger partial charge in [-0.3, -0.25) is 0 Å². The summed E-state index contributed by atoms with van der Waals surface area (Å²) in [6.45, 7) is 8.14. The molecule has 1 unspecified atom stereocenters. The number of aryl methyl sites for hydroxylation is 2. The molecule has 2 rings (SSSR count). The predicted octanol–water partition coefficient (Wildman–Crippen LogP) is 3.43. The minimum atomic E-state index is -0.728. The summed E-state index contributed by atoms with van der Waals surface area (Å²) in [5.74, 6) is 0. The van der Waals surface area contributed by atoms with Gasteiger partial charge < -0.3 is 15.0 Å². The Morgan fingerprint density at radius 2 is 1.81 bits per heavy atom. The Hall–Kier alpha value is -2.23. The quantitative estimate of drug-likeness (QED) is 0.936. The zero-order valence-corrected chi connectivity index (χ0v) is 13.0. The van der Waals surface area contributed by atoms with Crippen molar-refractivity contribution in [2.75, 3.05) is 0 Å². The Bertz CT molecular complexity index is 639. The highest BCUT2D eigenvalue weighted by Gasteiger charge is 2.13. The summed E-state index contributed by atoms with van der Waals surface area (Å²) in [5, 5.41) is 0. The number of nitrogens with zero attached hydrogens (tertiary/aromatic N) is 1. The van der Waals surface area contributed by atoms with Gasteiger partial charge >= 0.3 is 6.09 Å². The monoisotopic (exact) mass is 286 g/mol. The van der Waals surface area contributed by atoms with E-state index in [1.165, 1.54) is 22.6 Å². The van der Waals surface area contributed by atoms with Crippen molar-refractivity contribution in [1.82, 2.24) is 4.57 Å². The molecule has 2 N–H and O–H groups in total. The summed E-state index contributed by atoms with van der Waals surface area (Å²) in [7, 11) is 0. The highest BCUT2D eigenvalue weighted by molar-refractivity contribution is 5.64. The van der Waals surface area contributed by atoms with Gasteiger partial charge in [-0.1, -0.05) is 12.1 Å². The number of carbonyl (C=O) groups is 1. The van der Waals surface area contributed by atoms with Crippen LogP contribution in [0.15, 0.2) is 30.3 Å². The molecule has 1 aromatic carbocycles. The second-order valence-corrected chi connectivity index (χ2v) is 5.46. The molecule has 112 valence electrons. The topological polar surface area (TPSA) is 57.2 Å². The fourth-order valence-electron chi connectivity index (χ4n) is 2.73. The lowest BCUT2D eigenvalue weighted by Gasteiger charge is -2.18. The average Bonchev–Trinajstić information content (AvgIpc) is 2.71. The molecule has 4 heteroatoms. The van der Waals surface area contributed by atoms with E-state index in [4.69, 9.17) is 10.5 Å². The number of hydrogen-bond acceptors (Lipinski definition) is 2. The first-order valence-corrected chi connectivity index (χ1v) is 7.10. The molecule has 1 heterocycles. The van der Waals surface area contributed by atoms with Crippen molar-refractivity contribution in [2.45, 2.75) is 40.2 Å². The largest absolute Gasteiger partial charge is 0.446 e. The van der Waals surface area contributed by atoms with Crippen LogP contribution >= 0.6 is 0 Å². The smallest absolute Gasteiger partial charge is 0.404 e. The van der Waals surface area contributed by atoms with Crippen molar-refractivity contribution in [2.24, 2.45) is 5.73 Å². The van der Waals surface area contributed by atoms with Crippen LogP contribution in [0, 0.1) is 20.8 Å². The van der Waals surface area contributed by atoms with Crippen LogP contribution in [0.3, 0.4) is 0 Å². The van der Waals surface area contributed by atoms with Crippen LogP contribution in [0.2, 0.25) is 0 Å². The number of rotatable bonds is 4. The van der Waals surface area contributed by atoms with Crippen LogP contribution in [0.1, 0.15) is 29.4 Å². The Morgan fingerprint density at radius 3 is 2.38 bits per heavy atom. The number of carbonyl (C=O) groups excluding carboxylic acids is 1. The van der Waals surface area contributed by atoms with E-state index in [0.29, 0.717) is 6.42 Å². The van der Waals surface area contributed by atoms with Crippen LogP contribution in [0.25, 0.3) is 5.69 Å². The van der Waals surface area contributed by atoms with Gasteiger partial charge in [0.1, 0.15) is 6.10 Å². The van der Waals surface area contributed by atoms with Gasteiger partial charge in [0.15, 0.2) is 0 Å². The molecule has 4 nitrogen and oxygen atoms in total. The lowest BCUT2D eigenvalue weighted by molar-refractivity contribution is 0.116. The van der Waals surface area contributed by atoms with Crippen LogP contribution < -0.4 is 5.73 Å². The van der Waals surface area contributed by atoms with Crippen molar-refractivity contribution >= 4 is 6.09 Å². The standard InChI is InChI=1S/C17H22N2O2/c1-11-8-9-12(2)19(11)16-7-5-6-15(14(16)4)10-13(3)21-17(18)20/h5-9,13H,10H2,1-4H3,(H2,18,20). The van der Waals surface area contributed by atoms with Crippen LogP contribution in [0.4, 0.5) is 4.79 Å². The number of benzene rings is 1. The number of ether oxygens (including phenoxy) is 1. The van der Waals surface area contributed by atoms with E-state index >= 15 is 0 Å². The fourth-order valence-corrected chi connectivity index (χ4v) is 2.73. The number of amides is 1. The van der Waals surface area contributed by atoms with Crippen molar-refractivity contribution in [3.05, 3.63) is 52.8 Å². The van der Waals surface area contributed by atoms with Crippen molar-refractivity contribution in [1.29, 1.82) is 0 Å². The molecular weight excluding hydrogens is 264 g/mol. The van der Waals surface area contributed by atoms with Gasteiger partial charge in [0.25, 0.3) is 0 Å². The number of aromatic nitrogens is 1. The minimum absolute atomic E-state index is 0.233. The van der Waals surface area contributed by atoms with Crippen LogP contribution in [-0.2, 0) is 11.2 Å². The number of hydrogen-bond donors (Lipinski definition) is 1. The van der Waals surface area contributed by atoms with Crippen molar-refractivity contribution < 1.29 is 9.53 Å². The van der Waals surface area contributed by atoms with Gasteiger partial charge in [0.05, 0.1) is 0 Å². The normalized spacial score (nSPS) is 12.2. The summed E-state index contributed by atoms with van der Waals surface area (Å²) in [5.41, 5.74) is 11.0. The molecule has 0 saturated carbocycles. The third-order valence-electron chi connectivity index (χ3n) is 3.75. The Labute approximate surface area is 125 Å². The van der Waals surface area contributed by atoms with Crippen molar-refractivity contribution in [3.8, 4) is 5.69 Å². The van der Waals surface area contributed by atoms with Crippen LogP contribution in [0.5, 0.6) is 0 Å². The molecule has 0 saturated heterocycles. The van der Waals surface area contributed by atoms with Gasteiger partial charge in [-0.05, 0) is 57.0 Å². The summed E-state index contributed by atoms with van der Waals surface area (Å²) < 4.78 is 7.25. The molecule has 2 aromatic rings. The second-order valence-electron chi connectivity index (χ2n) is 5.46. The molecule has 1 aromatic heterocycles. The Balaban J connectivity index is 2.35. The predicted molar refractivity (Wildman–Crippen MR) is 83.8 cm³/mol. The van der Waals surface area contributed by atoms with Gasteiger partial charge in [-0.15, -0.1) is 0 Å². The maximum Gasteiger partial charge on any atom is 0.404 e. The van der Waals surface area contributed by atoms with Gasteiger partial charge in [0, 0.05) is 23.5 Å². The second kappa shape index (κ2) is 6.04. The third kappa shape index (κ3) is 3.27. The van der Waals surface area contributed by atoms with E-state index in [-0.39, 0.29) is 6.10 Å². The molecule has 0 spiro atoms. The number of primary amides is 1. The zero-order valence-electron chi connectivity index (χ0n) is 13.0. The van der Waals surface area contributed by atoms with Crippen LogP contribution in [-0.4, -0.2) is 16.8 Å². The third-order valence-corrected chi connectivity index (χ3v) is 3.75. The fraction of sp³-hybridized carbons (Fsp3) is 0.353. The summed E-state index contributed by atoms with van der Waals surface area (Å²) in [6, 6.07) is 10.4. The Kier molecular flexibility index (Phi) is 4.36. The highest BCUT2D eigenvalue weighted by atomic mass is 16.6. The molecule has 0 aliphatic carbocycles. The first-order valence-electron chi connectivity index (χ1n) is 7.10. The minimum Gasteiger partial charge on any atom is -0.446 e. The first kappa shape index (κ1) is 15.2. The molecular formula is C17H22N2O2. The maximum atomic E-state index is 10.8. The molecule has 1 atom stereocenters. The first-order chi connectivity index (χ1) is 9.90. The lowest BCUT2D eigenvalue weighted by atomic mass is 10.0. The maximum absolute atomic E-state index is 10.8. The van der Waals surface area contributed by atoms with Crippen molar-refractivity contribution in [3.63, 3.8) is 0 Å². The summed E-state index contributed by atoms with van der Waals surface area (Å²) >= 11 is 0. The van der Waals surface area contributed by atoms with E-state index in [1.807, 2.05) is 13.0 Å². The molecule has 21 heavy (non-hydrogen) atoms.